The van der Waals surface area contributed by atoms with Crippen molar-refractivity contribution < 1.29 is 0 Å². The normalized spacial score (nSPS) is 17.3. The average molecular weight is 281 g/mol. The molecule has 0 aliphatic heterocycles. The minimum absolute atomic E-state index is 0.326. The number of nitriles is 1. The Morgan fingerprint density at radius 1 is 1.52 bits per heavy atom. The Balaban J connectivity index is 2.25. The lowest BCUT2D eigenvalue weighted by Gasteiger charge is -2.25. The molecule has 0 amide bonds. The molecule has 0 spiro atoms. The Bertz CT molecular complexity index is 723. The van der Waals surface area contributed by atoms with Gasteiger partial charge in [-0.2, -0.15) is 10.4 Å². The predicted molar refractivity (Wildman–Crippen MR) is 81.4 cm³/mol. The summed E-state index contributed by atoms with van der Waals surface area (Å²) in [6.45, 7) is 2.21. The molecule has 108 valence electrons. The molecule has 1 aliphatic rings. The molecule has 0 bridgehead atoms. The van der Waals surface area contributed by atoms with Crippen LogP contribution in [-0.2, 0) is 19.9 Å². The zero-order valence-electron chi connectivity index (χ0n) is 12.4. The van der Waals surface area contributed by atoms with Gasteiger partial charge in [0, 0.05) is 24.5 Å². The Hall–Kier alpha value is -2.35. The molecule has 1 unspecified atom stereocenters. The molecule has 1 atom stereocenters. The van der Waals surface area contributed by atoms with Gasteiger partial charge in [0.15, 0.2) is 0 Å². The molecule has 0 saturated carbocycles. The lowest BCUT2D eigenvalue weighted by Crippen LogP contribution is -2.18. The van der Waals surface area contributed by atoms with Crippen molar-refractivity contribution in [2.45, 2.75) is 32.6 Å². The van der Waals surface area contributed by atoms with Crippen LogP contribution in [0.1, 0.15) is 36.6 Å². The molecule has 2 aromatic heterocycles. The zero-order chi connectivity index (χ0) is 15.0. The number of nitrogens with two attached hydrogens (primary N) is 1. The summed E-state index contributed by atoms with van der Waals surface area (Å²) in [7, 11) is 1.88. The summed E-state index contributed by atoms with van der Waals surface area (Å²) in [6, 6.07) is 4.15. The van der Waals surface area contributed by atoms with Crippen LogP contribution >= 0.6 is 0 Å². The maximum absolute atomic E-state index is 9.49. The van der Waals surface area contributed by atoms with E-state index in [0.717, 1.165) is 48.2 Å². The van der Waals surface area contributed by atoms with Crippen LogP contribution in [0.2, 0.25) is 0 Å². The third-order valence-corrected chi connectivity index (χ3v) is 4.35. The van der Waals surface area contributed by atoms with Gasteiger partial charge in [0.2, 0.25) is 0 Å². The lowest BCUT2D eigenvalue weighted by molar-refractivity contribution is 0.440. The number of rotatable bonds is 2. The van der Waals surface area contributed by atoms with Crippen LogP contribution in [0.25, 0.3) is 11.3 Å². The first-order valence-electron chi connectivity index (χ1n) is 7.35. The molecule has 0 saturated heterocycles. The van der Waals surface area contributed by atoms with Crippen molar-refractivity contribution in [2.75, 3.05) is 5.73 Å². The fraction of sp³-hybridized carbons (Fsp3) is 0.438. The van der Waals surface area contributed by atoms with Crippen LogP contribution in [0, 0.1) is 17.2 Å². The van der Waals surface area contributed by atoms with Gasteiger partial charge in [-0.05, 0) is 36.8 Å². The maximum atomic E-state index is 9.49. The molecule has 2 N–H and O–H groups in total. The van der Waals surface area contributed by atoms with E-state index >= 15 is 0 Å². The summed E-state index contributed by atoms with van der Waals surface area (Å²) >= 11 is 0. The summed E-state index contributed by atoms with van der Waals surface area (Å²) in [5.74, 6) is 0.976. The van der Waals surface area contributed by atoms with Crippen LogP contribution in [0.4, 0.5) is 5.82 Å². The van der Waals surface area contributed by atoms with E-state index in [1.165, 1.54) is 0 Å². The Morgan fingerprint density at radius 3 is 2.95 bits per heavy atom. The average Bonchev–Trinajstić information content (AvgIpc) is 2.91. The second-order valence-electron chi connectivity index (χ2n) is 5.68. The Kier molecular flexibility index (Phi) is 3.38. The number of fused-ring (bicyclic) bond motifs is 1. The minimum Gasteiger partial charge on any atom is -0.383 e. The zero-order valence-corrected chi connectivity index (χ0v) is 12.4. The standard InChI is InChI=1S/C16H19N5/c1-3-10-4-5-13-11(8-10)15(12(9-17)16(18)19-13)14-6-7-21(2)20-14/h6-7,10H,3-5,8H2,1-2H3,(H2,18,19). The van der Waals surface area contributed by atoms with Crippen molar-refractivity contribution in [3.63, 3.8) is 0 Å². The fourth-order valence-electron chi connectivity index (χ4n) is 3.14. The van der Waals surface area contributed by atoms with Crippen LogP contribution < -0.4 is 5.73 Å². The lowest BCUT2D eigenvalue weighted by atomic mass is 9.81. The van der Waals surface area contributed by atoms with Gasteiger partial charge in [-0.3, -0.25) is 4.68 Å². The number of aromatic nitrogens is 3. The molecular weight excluding hydrogens is 262 g/mol. The summed E-state index contributed by atoms with van der Waals surface area (Å²) in [4.78, 5) is 4.47. The monoisotopic (exact) mass is 281 g/mol. The second-order valence-corrected chi connectivity index (χ2v) is 5.68. The first-order chi connectivity index (χ1) is 10.1. The second kappa shape index (κ2) is 5.21. The van der Waals surface area contributed by atoms with Crippen LogP contribution in [0.5, 0.6) is 0 Å². The number of aryl methyl sites for hydroxylation is 2. The smallest absolute Gasteiger partial charge is 0.142 e. The van der Waals surface area contributed by atoms with E-state index in [-0.39, 0.29) is 0 Å². The summed E-state index contributed by atoms with van der Waals surface area (Å²) in [6.07, 6.45) is 6.07. The van der Waals surface area contributed by atoms with E-state index in [1.807, 2.05) is 19.3 Å². The highest BCUT2D eigenvalue weighted by Crippen LogP contribution is 2.37. The fourth-order valence-corrected chi connectivity index (χ4v) is 3.14. The van der Waals surface area contributed by atoms with Crippen LogP contribution in [0.3, 0.4) is 0 Å². The maximum Gasteiger partial charge on any atom is 0.142 e. The number of anilines is 1. The van der Waals surface area contributed by atoms with Gasteiger partial charge < -0.3 is 5.73 Å². The van der Waals surface area contributed by atoms with Gasteiger partial charge >= 0.3 is 0 Å². The summed E-state index contributed by atoms with van der Waals surface area (Å²) in [5, 5.41) is 14.0. The van der Waals surface area contributed by atoms with E-state index in [2.05, 4.69) is 23.1 Å². The quantitative estimate of drug-likeness (QED) is 0.916. The number of hydrogen-bond acceptors (Lipinski definition) is 4. The summed E-state index contributed by atoms with van der Waals surface area (Å²) < 4.78 is 1.75. The van der Waals surface area contributed by atoms with Gasteiger partial charge in [-0.15, -0.1) is 0 Å². The molecular formula is C16H19N5. The topological polar surface area (TPSA) is 80.5 Å². The Morgan fingerprint density at radius 2 is 2.33 bits per heavy atom. The van der Waals surface area contributed by atoms with Crippen molar-refractivity contribution in [3.8, 4) is 17.3 Å². The van der Waals surface area contributed by atoms with E-state index in [4.69, 9.17) is 5.73 Å². The number of hydrogen-bond donors (Lipinski definition) is 1. The Labute approximate surface area is 124 Å². The molecule has 2 heterocycles. The van der Waals surface area contributed by atoms with E-state index in [0.29, 0.717) is 17.3 Å². The highest BCUT2D eigenvalue weighted by Gasteiger charge is 2.26. The van der Waals surface area contributed by atoms with E-state index < -0.39 is 0 Å². The molecule has 0 radical (unpaired) electrons. The molecule has 21 heavy (non-hydrogen) atoms. The van der Waals surface area contributed by atoms with Gasteiger partial charge in [-0.25, -0.2) is 4.98 Å². The van der Waals surface area contributed by atoms with Gasteiger partial charge in [-0.1, -0.05) is 13.3 Å². The van der Waals surface area contributed by atoms with Crippen molar-refractivity contribution >= 4 is 5.82 Å². The highest BCUT2D eigenvalue weighted by atomic mass is 15.2. The predicted octanol–water partition coefficient (Wildman–Crippen LogP) is 2.45. The molecule has 3 rings (SSSR count). The van der Waals surface area contributed by atoms with Crippen LogP contribution in [0.15, 0.2) is 12.3 Å². The van der Waals surface area contributed by atoms with Crippen LogP contribution in [-0.4, -0.2) is 14.8 Å². The van der Waals surface area contributed by atoms with E-state index in [9.17, 15) is 5.26 Å². The van der Waals surface area contributed by atoms with Gasteiger partial charge in [0.1, 0.15) is 17.5 Å². The van der Waals surface area contributed by atoms with Gasteiger partial charge in [0.25, 0.3) is 0 Å². The largest absolute Gasteiger partial charge is 0.383 e. The molecule has 2 aromatic rings. The van der Waals surface area contributed by atoms with Gasteiger partial charge in [0.05, 0.1) is 5.69 Å². The van der Waals surface area contributed by atoms with E-state index in [1.54, 1.807) is 4.68 Å². The van der Waals surface area contributed by atoms with Crippen molar-refractivity contribution in [2.24, 2.45) is 13.0 Å². The molecule has 0 fully saturated rings. The molecule has 5 heteroatoms. The minimum atomic E-state index is 0.326. The van der Waals surface area contributed by atoms with Crippen molar-refractivity contribution in [1.29, 1.82) is 5.26 Å². The number of pyridine rings is 1. The third-order valence-electron chi connectivity index (χ3n) is 4.35. The SMILES string of the molecule is CCC1CCc2nc(N)c(C#N)c(-c3ccn(C)n3)c2C1. The summed E-state index contributed by atoms with van der Waals surface area (Å²) in [5.41, 5.74) is 10.4. The highest BCUT2D eigenvalue weighted by molar-refractivity contribution is 5.77. The van der Waals surface area contributed by atoms with Crippen molar-refractivity contribution in [1.82, 2.24) is 14.8 Å². The first-order valence-corrected chi connectivity index (χ1v) is 7.35. The molecule has 1 aliphatic carbocycles. The molecule has 5 nitrogen and oxygen atoms in total. The number of nitrogen functional groups attached to an aromatic ring is 1. The van der Waals surface area contributed by atoms with Crippen molar-refractivity contribution in [3.05, 3.63) is 29.1 Å². The number of nitrogens with zero attached hydrogens (tertiary/aromatic N) is 4. The molecule has 0 aromatic carbocycles. The third kappa shape index (κ3) is 2.27. The first kappa shape index (κ1) is 13.6.